The maximum atomic E-state index is 13.0. The van der Waals surface area contributed by atoms with Crippen LogP contribution in [0.2, 0.25) is 0 Å². The van der Waals surface area contributed by atoms with Crippen LogP contribution in [0, 0.1) is 0 Å². The summed E-state index contributed by atoms with van der Waals surface area (Å²) in [6.45, 7) is 5.53. The number of sulfonamides is 1. The summed E-state index contributed by atoms with van der Waals surface area (Å²) in [5.41, 5.74) is 1.30. The molecule has 1 saturated heterocycles. The van der Waals surface area contributed by atoms with Crippen LogP contribution in [0.5, 0.6) is 0 Å². The van der Waals surface area contributed by atoms with Crippen molar-refractivity contribution >= 4 is 44.3 Å². The second-order valence-electron chi connectivity index (χ2n) is 8.39. The number of nitrogens with zero attached hydrogens (tertiary/aromatic N) is 2. The van der Waals surface area contributed by atoms with Gasteiger partial charge in [0.25, 0.3) is 5.91 Å². The highest BCUT2D eigenvalue weighted by molar-refractivity contribution is 7.89. The van der Waals surface area contributed by atoms with Crippen LogP contribution in [0.4, 0.5) is 9.80 Å². The molecule has 0 atom stereocenters. The van der Waals surface area contributed by atoms with Gasteiger partial charge in [-0.2, -0.15) is 4.31 Å². The van der Waals surface area contributed by atoms with Gasteiger partial charge in [-0.25, -0.2) is 18.0 Å². The molecular weight excluding hydrogens is 506 g/mol. The van der Waals surface area contributed by atoms with Crippen LogP contribution in [0.1, 0.15) is 57.8 Å². The second kappa shape index (κ2) is 11.0. The van der Waals surface area contributed by atoms with E-state index in [9.17, 15) is 22.8 Å². The number of anilines is 1. The van der Waals surface area contributed by atoms with E-state index in [0.29, 0.717) is 36.6 Å². The van der Waals surface area contributed by atoms with Crippen molar-refractivity contribution in [3.05, 3.63) is 45.8 Å². The minimum atomic E-state index is -3.58. The number of carbonyl (C=O) groups is 3. The molecule has 1 fully saturated rings. The lowest BCUT2D eigenvalue weighted by Crippen LogP contribution is -2.36. The third-order valence-electron chi connectivity index (χ3n) is 6.11. The Kier molecular flexibility index (Phi) is 7.96. The van der Waals surface area contributed by atoms with Gasteiger partial charge in [-0.15, -0.1) is 11.3 Å². The molecule has 2 aliphatic rings. The maximum Gasteiger partial charge on any atom is 0.410 e. The molecule has 0 unspecified atom stereocenters. The van der Waals surface area contributed by atoms with Gasteiger partial charge in [-0.1, -0.05) is 0 Å². The van der Waals surface area contributed by atoms with E-state index in [1.807, 2.05) is 0 Å². The highest BCUT2D eigenvalue weighted by atomic mass is 32.2. The molecule has 0 radical (unpaired) electrons. The lowest BCUT2D eigenvalue weighted by Gasteiger charge is -2.26. The summed E-state index contributed by atoms with van der Waals surface area (Å²) in [7, 11) is -3.58. The van der Waals surface area contributed by atoms with E-state index in [4.69, 9.17) is 9.47 Å². The van der Waals surface area contributed by atoms with Gasteiger partial charge in [-0.05, 0) is 62.9 Å². The molecule has 1 N–H and O–H groups in total. The van der Waals surface area contributed by atoms with E-state index in [-0.39, 0.29) is 30.2 Å². The standard InChI is InChI=1S/C24H29N3O7S2/c1-3-33-23(29)20-18-11-14-26(24(30)34-4-2)15-19(18)35-22(20)25-21(28)16-7-9-17(10-8-16)36(31,32)27-12-5-6-13-27/h7-10H,3-6,11-15H2,1-2H3,(H,25,28). The Morgan fingerprint density at radius 2 is 1.67 bits per heavy atom. The summed E-state index contributed by atoms with van der Waals surface area (Å²) >= 11 is 1.22. The van der Waals surface area contributed by atoms with Crippen molar-refractivity contribution in [1.29, 1.82) is 0 Å². The van der Waals surface area contributed by atoms with Crippen LogP contribution in [0.15, 0.2) is 29.2 Å². The Morgan fingerprint density at radius 3 is 2.31 bits per heavy atom. The fraction of sp³-hybridized carbons (Fsp3) is 0.458. The number of carbonyl (C=O) groups excluding carboxylic acids is 3. The first kappa shape index (κ1) is 26.1. The maximum absolute atomic E-state index is 13.0. The summed E-state index contributed by atoms with van der Waals surface area (Å²) in [4.78, 5) is 40.5. The molecule has 1 aromatic heterocycles. The fourth-order valence-corrected chi connectivity index (χ4v) is 7.08. The van der Waals surface area contributed by atoms with Crippen LogP contribution in [-0.4, -0.2) is 68.4 Å². The average Bonchev–Trinajstić information content (AvgIpc) is 3.52. The Bertz CT molecular complexity index is 1250. The van der Waals surface area contributed by atoms with Crippen molar-refractivity contribution in [2.24, 2.45) is 0 Å². The summed E-state index contributed by atoms with van der Waals surface area (Å²) in [5.74, 6) is -1.02. The minimum Gasteiger partial charge on any atom is -0.462 e. The van der Waals surface area contributed by atoms with Gasteiger partial charge < -0.3 is 19.7 Å². The van der Waals surface area contributed by atoms with Crippen LogP contribution in [0.25, 0.3) is 0 Å². The van der Waals surface area contributed by atoms with Crippen molar-refractivity contribution < 1.29 is 32.3 Å². The molecule has 3 heterocycles. The summed E-state index contributed by atoms with van der Waals surface area (Å²) < 4.78 is 37.3. The predicted molar refractivity (Wildman–Crippen MR) is 134 cm³/mol. The van der Waals surface area contributed by atoms with E-state index in [1.165, 1.54) is 39.9 Å². The first-order chi connectivity index (χ1) is 17.3. The number of thiophene rings is 1. The van der Waals surface area contributed by atoms with Gasteiger partial charge in [0.2, 0.25) is 10.0 Å². The van der Waals surface area contributed by atoms with Crippen molar-refractivity contribution in [3.63, 3.8) is 0 Å². The van der Waals surface area contributed by atoms with Gasteiger partial charge in [0.1, 0.15) is 5.00 Å². The highest BCUT2D eigenvalue weighted by Crippen LogP contribution is 2.38. The number of fused-ring (bicyclic) bond motifs is 1. The summed E-state index contributed by atoms with van der Waals surface area (Å²) in [6, 6.07) is 5.76. The lowest BCUT2D eigenvalue weighted by molar-refractivity contribution is 0.0526. The number of hydrogen-bond acceptors (Lipinski definition) is 8. The Labute approximate surface area is 214 Å². The quantitative estimate of drug-likeness (QED) is 0.539. The van der Waals surface area contributed by atoms with E-state index in [0.717, 1.165) is 23.3 Å². The van der Waals surface area contributed by atoms with Crippen LogP contribution in [0.3, 0.4) is 0 Å². The van der Waals surface area contributed by atoms with Gasteiger partial charge in [0.05, 0.1) is 30.2 Å². The van der Waals surface area contributed by atoms with Crippen LogP contribution in [-0.2, 0) is 32.5 Å². The van der Waals surface area contributed by atoms with Crippen molar-refractivity contribution in [1.82, 2.24) is 9.21 Å². The molecule has 4 rings (SSSR count). The molecule has 0 spiro atoms. The van der Waals surface area contributed by atoms with Crippen molar-refractivity contribution in [2.45, 2.75) is 44.6 Å². The third kappa shape index (κ3) is 5.25. The van der Waals surface area contributed by atoms with E-state index < -0.39 is 28.0 Å². The number of hydrogen-bond donors (Lipinski definition) is 1. The fourth-order valence-electron chi connectivity index (χ4n) is 4.31. The number of benzene rings is 1. The molecule has 12 heteroatoms. The number of nitrogens with one attached hydrogen (secondary N) is 1. The summed E-state index contributed by atoms with van der Waals surface area (Å²) in [6.07, 6.45) is 1.68. The first-order valence-electron chi connectivity index (χ1n) is 11.9. The highest BCUT2D eigenvalue weighted by Gasteiger charge is 2.32. The van der Waals surface area contributed by atoms with Crippen LogP contribution >= 0.6 is 11.3 Å². The topological polar surface area (TPSA) is 122 Å². The predicted octanol–water partition coefficient (Wildman–Crippen LogP) is 3.48. The molecule has 0 aliphatic carbocycles. The molecule has 0 bridgehead atoms. The van der Waals surface area contributed by atoms with E-state index in [2.05, 4.69) is 5.32 Å². The van der Waals surface area contributed by atoms with E-state index >= 15 is 0 Å². The van der Waals surface area contributed by atoms with Gasteiger partial charge in [0, 0.05) is 30.1 Å². The van der Waals surface area contributed by atoms with Crippen molar-refractivity contribution in [3.8, 4) is 0 Å². The minimum absolute atomic E-state index is 0.138. The zero-order valence-electron chi connectivity index (χ0n) is 20.2. The molecule has 194 valence electrons. The smallest absolute Gasteiger partial charge is 0.410 e. The third-order valence-corrected chi connectivity index (χ3v) is 9.15. The molecular formula is C24H29N3O7S2. The normalized spacial score (nSPS) is 15.9. The molecule has 2 aromatic rings. The molecule has 10 nitrogen and oxygen atoms in total. The van der Waals surface area contributed by atoms with Crippen molar-refractivity contribution in [2.75, 3.05) is 38.2 Å². The molecule has 36 heavy (non-hydrogen) atoms. The summed E-state index contributed by atoms with van der Waals surface area (Å²) in [5, 5.41) is 3.13. The Hall–Kier alpha value is -2.96. The number of rotatable bonds is 7. The number of ether oxygens (including phenoxy) is 2. The Balaban J connectivity index is 1.56. The first-order valence-corrected chi connectivity index (χ1v) is 14.2. The average molecular weight is 536 g/mol. The molecule has 1 aromatic carbocycles. The lowest BCUT2D eigenvalue weighted by atomic mass is 10.0. The van der Waals surface area contributed by atoms with Gasteiger partial charge in [-0.3, -0.25) is 4.79 Å². The zero-order chi connectivity index (χ0) is 25.9. The monoisotopic (exact) mass is 535 g/mol. The second-order valence-corrected chi connectivity index (χ2v) is 11.4. The molecule has 0 saturated carbocycles. The molecule has 2 amide bonds. The van der Waals surface area contributed by atoms with Gasteiger partial charge >= 0.3 is 12.1 Å². The Morgan fingerprint density at radius 1 is 1.00 bits per heavy atom. The van der Waals surface area contributed by atoms with Crippen LogP contribution < -0.4 is 5.32 Å². The van der Waals surface area contributed by atoms with Gasteiger partial charge in [0.15, 0.2) is 0 Å². The largest absolute Gasteiger partial charge is 0.462 e. The number of amides is 2. The van der Waals surface area contributed by atoms with E-state index in [1.54, 1.807) is 18.7 Å². The zero-order valence-corrected chi connectivity index (χ0v) is 21.9. The SMILES string of the molecule is CCOC(=O)c1c(NC(=O)c2ccc(S(=O)(=O)N3CCCC3)cc2)sc2c1CCN(C(=O)OCC)C2. The molecule has 2 aliphatic heterocycles. The number of esters is 1.